The Kier molecular flexibility index (Phi) is 13.2. The van der Waals surface area contributed by atoms with E-state index in [4.69, 9.17) is 4.74 Å². The summed E-state index contributed by atoms with van der Waals surface area (Å²) in [7, 11) is 0. The molecule has 0 bridgehead atoms. The van der Waals surface area contributed by atoms with E-state index in [0.717, 1.165) is 24.8 Å². The summed E-state index contributed by atoms with van der Waals surface area (Å²) in [6, 6.07) is 16.1. The zero-order chi connectivity index (χ0) is 25.3. The molecule has 0 heterocycles. The molecule has 2 aromatic rings. The summed E-state index contributed by atoms with van der Waals surface area (Å²) < 4.78 is 5.21. The van der Waals surface area contributed by atoms with E-state index in [2.05, 4.69) is 17.6 Å². The molecule has 6 nitrogen and oxygen atoms in total. The fourth-order valence-electron chi connectivity index (χ4n) is 3.90. The first-order chi connectivity index (χ1) is 17.0. The van der Waals surface area contributed by atoms with Crippen LogP contribution in [-0.2, 0) is 14.3 Å². The first-order valence-electron chi connectivity index (χ1n) is 12.9. The molecule has 0 saturated carbocycles. The van der Waals surface area contributed by atoms with E-state index in [-0.39, 0.29) is 23.4 Å². The van der Waals surface area contributed by atoms with E-state index >= 15 is 0 Å². The third-order valence-corrected chi connectivity index (χ3v) is 5.94. The third kappa shape index (κ3) is 11.2. The lowest BCUT2D eigenvalue weighted by molar-refractivity contribution is -0.124. The quantitative estimate of drug-likeness (QED) is 0.210. The van der Waals surface area contributed by atoms with Gasteiger partial charge >= 0.3 is 5.97 Å². The number of esters is 1. The standard InChI is InChI=1S/C29H40N2O4/c1-3-4-5-6-7-8-9-10-14-21-27(32)31-26-20-16-15-19-25(26)29(34)35-22-28(33)30-23(2)24-17-12-11-13-18-24/h11-13,15-20,23H,3-10,14,21-22H2,1-2H3,(H,30,33)(H,31,32)/t23-/m1/s1. The van der Waals surface area contributed by atoms with Gasteiger partial charge in [0.05, 0.1) is 17.3 Å². The number of hydrogen-bond donors (Lipinski definition) is 2. The Balaban J connectivity index is 1.72. The zero-order valence-corrected chi connectivity index (χ0v) is 21.2. The number of ether oxygens (including phenoxy) is 1. The van der Waals surface area contributed by atoms with Crippen LogP contribution in [0.1, 0.15) is 100 Å². The molecule has 0 aliphatic carbocycles. The van der Waals surface area contributed by atoms with Crippen molar-refractivity contribution in [2.45, 2.75) is 84.1 Å². The number of para-hydroxylation sites is 1. The van der Waals surface area contributed by atoms with Gasteiger partial charge in [-0.25, -0.2) is 4.79 Å². The Bertz CT molecular complexity index is 914. The molecule has 0 aromatic heterocycles. The Morgan fingerprint density at radius 2 is 1.37 bits per heavy atom. The summed E-state index contributed by atoms with van der Waals surface area (Å²) >= 11 is 0. The Hall–Kier alpha value is -3.15. The second-order valence-electron chi connectivity index (χ2n) is 8.95. The summed E-state index contributed by atoms with van der Waals surface area (Å²) in [5.74, 6) is -1.16. The number of benzene rings is 2. The van der Waals surface area contributed by atoms with Crippen LogP contribution in [0.5, 0.6) is 0 Å². The van der Waals surface area contributed by atoms with E-state index < -0.39 is 12.6 Å². The third-order valence-electron chi connectivity index (χ3n) is 5.94. The van der Waals surface area contributed by atoms with Crippen molar-refractivity contribution in [2.24, 2.45) is 0 Å². The summed E-state index contributed by atoms with van der Waals surface area (Å²) in [4.78, 5) is 37.2. The van der Waals surface area contributed by atoms with Gasteiger partial charge in [-0.2, -0.15) is 0 Å². The predicted octanol–water partition coefficient (Wildman–Crippen LogP) is 6.58. The second kappa shape index (κ2) is 16.5. The van der Waals surface area contributed by atoms with Crippen LogP contribution in [-0.4, -0.2) is 24.4 Å². The molecule has 0 unspecified atom stereocenters. The smallest absolute Gasteiger partial charge is 0.340 e. The molecular weight excluding hydrogens is 440 g/mol. The molecule has 0 spiro atoms. The normalized spacial score (nSPS) is 11.5. The maximum Gasteiger partial charge on any atom is 0.340 e. The summed E-state index contributed by atoms with van der Waals surface area (Å²) in [6.45, 7) is 3.70. The van der Waals surface area contributed by atoms with Crippen molar-refractivity contribution < 1.29 is 19.1 Å². The van der Waals surface area contributed by atoms with Gasteiger partial charge in [0.2, 0.25) is 5.91 Å². The number of anilines is 1. The van der Waals surface area contributed by atoms with Gasteiger partial charge in [-0.05, 0) is 31.0 Å². The SMILES string of the molecule is CCCCCCCCCCCC(=O)Nc1ccccc1C(=O)OCC(=O)N[C@H](C)c1ccccc1. The Morgan fingerprint density at radius 3 is 2.06 bits per heavy atom. The summed E-state index contributed by atoms with van der Waals surface area (Å²) in [6.07, 6.45) is 11.1. The van der Waals surface area contributed by atoms with E-state index in [0.29, 0.717) is 12.1 Å². The Labute approximate surface area is 209 Å². The number of unbranched alkanes of at least 4 members (excludes halogenated alkanes) is 8. The lowest BCUT2D eigenvalue weighted by Gasteiger charge is -2.15. The molecule has 0 saturated heterocycles. The van der Waals surface area contributed by atoms with E-state index in [1.807, 2.05) is 37.3 Å². The number of nitrogens with one attached hydrogen (secondary N) is 2. The molecule has 2 aromatic carbocycles. The molecule has 6 heteroatoms. The van der Waals surface area contributed by atoms with Crippen molar-refractivity contribution in [1.29, 1.82) is 0 Å². The van der Waals surface area contributed by atoms with Crippen LogP contribution in [0.25, 0.3) is 0 Å². The molecule has 0 fully saturated rings. The molecular formula is C29H40N2O4. The van der Waals surface area contributed by atoms with E-state index in [1.165, 1.54) is 38.5 Å². The minimum Gasteiger partial charge on any atom is -0.452 e. The number of carbonyl (C=O) groups excluding carboxylic acids is 3. The van der Waals surface area contributed by atoms with Crippen LogP contribution in [0.4, 0.5) is 5.69 Å². The van der Waals surface area contributed by atoms with E-state index in [1.54, 1.807) is 24.3 Å². The van der Waals surface area contributed by atoms with Crippen LogP contribution in [0.3, 0.4) is 0 Å². The van der Waals surface area contributed by atoms with Gasteiger partial charge in [0.25, 0.3) is 5.91 Å². The minimum atomic E-state index is -0.647. The van der Waals surface area contributed by atoms with Crippen LogP contribution in [0.15, 0.2) is 54.6 Å². The monoisotopic (exact) mass is 480 g/mol. The van der Waals surface area contributed by atoms with Crippen molar-refractivity contribution in [3.8, 4) is 0 Å². The maximum atomic E-state index is 12.6. The average Bonchev–Trinajstić information content (AvgIpc) is 2.87. The van der Waals surface area contributed by atoms with Crippen molar-refractivity contribution >= 4 is 23.5 Å². The number of amides is 2. The Morgan fingerprint density at radius 1 is 0.771 bits per heavy atom. The van der Waals surface area contributed by atoms with Gasteiger partial charge < -0.3 is 15.4 Å². The predicted molar refractivity (Wildman–Crippen MR) is 140 cm³/mol. The fourth-order valence-corrected chi connectivity index (χ4v) is 3.90. The van der Waals surface area contributed by atoms with Crippen LogP contribution >= 0.6 is 0 Å². The summed E-state index contributed by atoms with van der Waals surface area (Å²) in [5, 5.41) is 5.63. The molecule has 2 rings (SSSR count). The fraction of sp³-hybridized carbons (Fsp3) is 0.483. The zero-order valence-electron chi connectivity index (χ0n) is 21.2. The van der Waals surface area contributed by atoms with Crippen LogP contribution in [0, 0.1) is 0 Å². The highest BCUT2D eigenvalue weighted by Crippen LogP contribution is 2.18. The molecule has 190 valence electrons. The highest BCUT2D eigenvalue weighted by molar-refractivity contribution is 6.01. The van der Waals surface area contributed by atoms with Gasteiger partial charge in [0.15, 0.2) is 6.61 Å². The maximum absolute atomic E-state index is 12.6. The molecule has 2 N–H and O–H groups in total. The second-order valence-corrected chi connectivity index (χ2v) is 8.95. The van der Waals surface area contributed by atoms with Gasteiger partial charge in [0.1, 0.15) is 0 Å². The first kappa shape index (κ1) is 28.1. The molecule has 0 aliphatic heterocycles. The topological polar surface area (TPSA) is 84.5 Å². The van der Waals surface area contributed by atoms with Crippen LogP contribution < -0.4 is 10.6 Å². The highest BCUT2D eigenvalue weighted by Gasteiger charge is 2.17. The largest absolute Gasteiger partial charge is 0.452 e. The lowest BCUT2D eigenvalue weighted by Crippen LogP contribution is -2.31. The minimum absolute atomic E-state index is 0.123. The van der Waals surface area contributed by atoms with Crippen LogP contribution in [0.2, 0.25) is 0 Å². The van der Waals surface area contributed by atoms with Gasteiger partial charge in [-0.1, -0.05) is 101 Å². The van der Waals surface area contributed by atoms with Crippen molar-refractivity contribution in [3.63, 3.8) is 0 Å². The van der Waals surface area contributed by atoms with Crippen molar-refractivity contribution in [2.75, 3.05) is 11.9 Å². The first-order valence-corrected chi connectivity index (χ1v) is 12.9. The molecule has 0 radical (unpaired) electrons. The molecule has 0 aliphatic rings. The van der Waals surface area contributed by atoms with Gasteiger partial charge in [-0.15, -0.1) is 0 Å². The number of hydrogen-bond acceptors (Lipinski definition) is 4. The summed E-state index contributed by atoms with van der Waals surface area (Å²) in [5.41, 5.74) is 1.60. The number of carbonyl (C=O) groups is 3. The van der Waals surface area contributed by atoms with Gasteiger partial charge in [0, 0.05) is 6.42 Å². The lowest BCUT2D eigenvalue weighted by atomic mass is 10.1. The molecule has 1 atom stereocenters. The number of rotatable bonds is 16. The van der Waals surface area contributed by atoms with Crippen molar-refractivity contribution in [3.05, 3.63) is 65.7 Å². The van der Waals surface area contributed by atoms with Crippen molar-refractivity contribution in [1.82, 2.24) is 5.32 Å². The van der Waals surface area contributed by atoms with E-state index in [9.17, 15) is 14.4 Å². The molecule has 35 heavy (non-hydrogen) atoms. The molecule has 2 amide bonds. The van der Waals surface area contributed by atoms with Gasteiger partial charge in [-0.3, -0.25) is 9.59 Å². The highest BCUT2D eigenvalue weighted by atomic mass is 16.5. The average molecular weight is 481 g/mol.